The molecule has 1 saturated heterocycles. The predicted octanol–water partition coefficient (Wildman–Crippen LogP) is 1.51. The van der Waals surface area contributed by atoms with Crippen LogP contribution in [0.4, 0.5) is 10.1 Å². The molecule has 1 fully saturated rings. The standard InChI is InChI=1S/C20H33FN4O3S/c1-17(2)25(29(3,27)28)13-4-10-22-20(26)16-23-11-5-12-24(15-14-23)19-8-6-18(21)7-9-19/h6-9,17H,4-5,10-16H2,1-3H3,(H,22,26). The monoisotopic (exact) mass is 428 g/mol. The number of halogens is 1. The van der Waals surface area contributed by atoms with E-state index in [9.17, 15) is 17.6 Å². The van der Waals surface area contributed by atoms with Gasteiger partial charge in [-0.1, -0.05) is 0 Å². The summed E-state index contributed by atoms with van der Waals surface area (Å²) in [5.74, 6) is -0.286. The normalized spacial score (nSPS) is 16.3. The van der Waals surface area contributed by atoms with Gasteiger partial charge in [-0.2, -0.15) is 4.31 Å². The second-order valence-electron chi connectivity index (χ2n) is 7.76. The van der Waals surface area contributed by atoms with Gasteiger partial charge < -0.3 is 10.2 Å². The third-order valence-corrected chi connectivity index (χ3v) is 6.48. The quantitative estimate of drug-likeness (QED) is 0.604. The summed E-state index contributed by atoms with van der Waals surface area (Å²) in [6, 6.07) is 6.41. The van der Waals surface area contributed by atoms with Gasteiger partial charge >= 0.3 is 0 Å². The molecule has 0 spiro atoms. The van der Waals surface area contributed by atoms with Gasteiger partial charge in [-0.25, -0.2) is 12.8 Å². The molecule has 9 heteroatoms. The van der Waals surface area contributed by atoms with Crippen molar-refractivity contribution in [3.63, 3.8) is 0 Å². The summed E-state index contributed by atoms with van der Waals surface area (Å²) in [6.45, 7) is 8.12. The Hall–Kier alpha value is -1.71. The van der Waals surface area contributed by atoms with Gasteiger partial charge in [0.2, 0.25) is 15.9 Å². The number of nitrogens with zero attached hydrogens (tertiary/aromatic N) is 3. The lowest BCUT2D eigenvalue weighted by molar-refractivity contribution is -0.122. The molecular formula is C20H33FN4O3S. The fraction of sp³-hybridized carbons (Fsp3) is 0.650. The summed E-state index contributed by atoms with van der Waals surface area (Å²) in [4.78, 5) is 16.6. The Kier molecular flexibility index (Phi) is 8.85. The molecule has 0 radical (unpaired) electrons. The predicted molar refractivity (Wildman–Crippen MR) is 114 cm³/mol. The number of carbonyl (C=O) groups excluding carboxylic acids is 1. The number of hydrogen-bond donors (Lipinski definition) is 1. The number of hydrogen-bond acceptors (Lipinski definition) is 5. The molecule has 1 aromatic carbocycles. The third-order valence-electron chi connectivity index (χ3n) is 5.03. The zero-order valence-electron chi connectivity index (χ0n) is 17.6. The average molecular weight is 429 g/mol. The average Bonchev–Trinajstić information content (AvgIpc) is 2.86. The topological polar surface area (TPSA) is 73.0 Å². The largest absolute Gasteiger partial charge is 0.370 e. The maximum atomic E-state index is 13.1. The Morgan fingerprint density at radius 3 is 2.48 bits per heavy atom. The van der Waals surface area contributed by atoms with Crippen LogP contribution in [0.2, 0.25) is 0 Å². The van der Waals surface area contributed by atoms with Crippen molar-refractivity contribution in [1.29, 1.82) is 0 Å². The van der Waals surface area contributed by atoms with Crippen LogP contribution in [0.5, 0.6) is 0 Å². The first kappa shape index (κ1) is 23.6. The fourth-order valence-electron chi connectivity index (χ4n) is 3.57. The molecule has 7 nitrogen and oxygen atoms in total. The summed E-state index contributed by atoms with van der Waals surface area (Å²) in [7, 11) is -3.24. The lowest BCUT2D eigenvalue weighted by Gasteiger charge is -2.24. The molecule has 29 heavy (non-hydrogen) atoms. The van der Waals surface area contributed by atoms with Crippen molar-refractivity contribution < 1.29 is 17.6 Å². The SMILES string of the molecule is CC(C)N(CCCNC(=O)CN1CCCN(c2ccc(F)cc2)CC1)S(C)(=O)=O. The van der Waals surface area contributed by atoms with Gasteiger partial charge in [-0.15, -0.1) is 0 Å². The van der Waals surface area contributed by atoms with Gasteiger partial charge in [0.15, 0.2) is 0 Å². The van der Waals surface area contributed by atoms with Gasteiger partial charge in [0.05, 0.1) is 12.8 Å². The molecule has 0 atom stereocenters. The van der Waals surface area contributed by atoms with Crippen molar-refractivity contribution in [1.82, 2.24) is 14.5 Å². The Balaban J connectivity index is 1.72. The Morgan fingerprint density at radius 2 is 1.86 bits per heavy atom. The van der Waals surface area contributed by atoms with E-state index in [1.165, 1.54) is 22.7 Å². The van der Waals surface area contributed by atoms with Gasteiger partial charge in [-0.05, 0) is 51.0 Å². The highest BCUT2D eigenvalue weighted by molar-refractivity contribution is 7.88. The van der Waals surface area contributed by atoms with Crippen LogP contribution >= 0.6 is 0 Å². The van der Waals surface area contributed by atoms with Crippen LogP contribution in [0.25, 0.3) is 0 Å². The van der Waals surface area contributed by atoms with Gasteiger partial charge in [-0.3, -0.25) is 9.69 Å². The van der Waals surface area contributed by atoms with Crippen molar-refractivity contribution in [2.45, 2.75) is 32.7 Å². The summed E-state index contributed by atoms with van der Waals surface area (Å²) < 4.78 is 38.1. The molecule has 0 saturated carbocycles. The van der Waals surface area contributed by atoms with Crippen LogP contribution in [-0.4, -0.2) is 81.6 Å². The highest BCUT2D eigenvalue weighted by atomic mass is 32.2. The van der Waals surface area contributed by atoms with Crippen molar-refractivity contribution in [3.8, 4) is 0 Å². The van der Waals surface area contributed by atoms with Crippen LogP contribution in [-0.2, 0) is 14.8 Å². The lowest BCUT2D eigenvalue weighted by atomic mass is 10.2. The first-order valence-corrected chi connectivity index (χ1v) is 12.0. The number of benzene rings is 1. The maximum absolute atomic E-state index is 13.1. The van der Waals surface area contributed by atoms with Crippen LogP contribution in [0.1, 0.15) is 26.7 Å². The minimum absolute atomic E-state index is 0.0457. The third kappa shape index (κ3) is 7.91. The number of sulfonamides is 1. The number of amides is 1. The van der Waals surface area contributed by atoms with E-state index >= 15 is 0 Å². The number of carbonyl (C=O) groups is 1. The van der Waals surface area contributed by atoms with Crippen LogP contribution in [0.3, 0.4) is 0 Å². The molecule has 1 aliphatic heterocycles. The molecule has 0 aliphatic carbocycles. The molecule has 1 aliphatic rings. The first-order valence-electron chi connectivity index (χ1n) is 10.1. The zero-order valence-corrected chi connectivity index (χ0v) is 18.4. The van der Waals surface area contributed by atoms with Crippen LogP contribution < -0.4 is 10.2 Å². The van der Waals surface area contributed by atoms with E-state index in [4.69, 9.17) is 0 Å². The zero-order chi connectivity index (χ0) is 21.4. The minimum Gasteiger partial charge on any atom is -0.370 e. The summed E-state index contributed by atoms with van der Waals surface area (Å²) in [5.41, 5.74) is 0.998. The molecule has 1 N–H and O–H groups in total. The molecule has 1 aromatic rings. The van der Waals surface area contributed by atoms with Crippen molar-refractivity contribution >= 4 is 21.6 Å². The number of rotatable bonds is 9. The minimum atomic E-state index is -3.24. The van der Waals surface area contributed by atoms with Gasteiger partial charge in [0, 0.05) is 51.0 Å². The van der Waals surface area contributed by atoms with Crippen molar-refractivity contribution in [2.24, 2.45) is 0 Å². The van der Waals surface area contributed by atoms with E-state index in [-0.39, 0.29) is 17.8 Å². The molecular weight excluding hydrogens is 395 g/mol. The lowest BCUT2D eigenvalue weighted by Crippen LogP contribution is -2.41. The molecule has 0 aromatic heterocycles. The van der Waals surface area contributed by atoms with E-state index in [1.54, 1.807) is 12.1 Å². The van der Waals surface area contributed by atoms with Crippen LogP contribution in [0.15, 0.2) is 24.3 Å². The Bertz CT molecular complexity index is 755. The van der Waals surface area contributed by atoms with Gasteiger partial charge in [0.1, 0.15) is 5.82 Å². The summed E-state index contributed by atoms with van der Waals surface area (Å²) in [6.07, 6.45) is 2.72. The van der Waals surface area contributed by atoms with E-state index in [1.807, 2.05) is 13.8 Å². The summed E-state index contributed by atoms with van der Waals surface area (Å²) in [5, 5.41) is 2.89. The smallest absolute Gasteiger partial charge is 0.234 e. The van der Waals surface area contributed by atoms with E-state index in [0.717, 1.165) is 38.3 Å². The maximum Gasteiger partial charge on any atom is 0.234 e. The second-order valence-corrected chi connectivity index (χ2v) is 9.70. The van der Waals surface area contributed by atoms with Crippen molar-refractivity contribution in [2.75, 3.05) is 57.0 Å². The Morgan fingerprint density at radius 1 is 1.17 bits per heavy atom. The molecule has 164 valence electrons. The van der Waals surface area contributed by atoms with Gasteiger partial charge in [0.25, 0.3) is 0 Å². The number of anilines is 1. The first-order chi connectivity index (χ1) is 13.7. The Labute approximate surface area is 173 Å². The highest BCUT2D eigenvalue weighted by Gasteiger charge is 2.20. The highest BCUT2D eigenvalue weighted by Crippen LogP contribution is 2.17. The van der Waals surface area contributed by atoms with Crippen molar-refractivity contribution in [3.05, 3.63) is 30.1 Å². The summed E-state index contributed by atoms with van der Waals surface area (Å²) >= 11 is 0. The molecule has 1 amide bonds. The number of nitrogens with one attached hydrogen (secondary N) is 1. The molecule has 0 unspecified atom stereocenters. The van der Waals surface area contributed by atoms with E-state index in [0.29, 0.717) is 26.1 Å². The molecule has 1 heterocycles. The van der Waals surface area contributed by atoms with E-state index < -0.39 is 10.0 Å². The molecule has 0 bridgehead atoms. The fourth-order valence-corrected chi connectivity index (χ4v) is 4.79. The van der Waals surface area contributed by atoms with Crippen LogP contribution in [0, 0.1) is 5.82 Å². The molecule has 2 rings (SSSR count). The second kappa shape index (κ2) is 10.9. The van der Waals surface area contributed by atoms with E-state index in [2.05, 4.69) is 15.1 Å².